The number of rotatable bonds is 5. The van der Waals surface area contributed by atoms with Crippen molar-refractivity contribution in [2.24, 2.45) is 0 Å². The summed E-state index contributed by atoms with van der Waals surface area (Å²) >= 11 is 2.09. The maximum absolute atomic E-state index is 12.7. The summed E-state index contributed by atoms with van der Waals surface area (Å²) in [6.07, 6.45) is 0. The van der Waals surface area contributed by atoms with Gasteiger partial charge in [0, 0.05) is 5.56 Å². The maximum atomic E-state index is 12.7. The van der Waals surface area contributed by atoms with E-state index in [0.29, 0.717) is 9.90 Å². The van der Waals surface area contributed by atoms with Crippen LogP contribution in [0.4, 0.5) is 9.52 Å². The summed E-state index contributed by atoms with van der Waals surface area (Å²) in [6.45, 7) is 0. The quantitative estimate of drug-likeness (QED) is 0.649. The number of aromatic nitrogens is 2. The molecule has 0 unspecified atom stereocenters. The first-order chi connectivity index (χ1) is 9.54. The van der Waals surface area contributed by atoms with Crippen molar-refractivity contribution in [2.75, 3.05) is 11.1 Å². The zero-order valence-electron chi connectivity index (χ0n) is 9.87. The van der Waals surface area contributed by atoms with Gasteiger partial charge in [-0.1, -0.05) is 23.1 Å². The molecule has 2 N–H and O–H groups in total. The monoisotopic (exact) mass is 313 g/mol. The predicted octanol–water partition coefficient (Wildman–Crippen LogP) is 2.11. The van der Waals surface area contributed by atoms with Gasteiger partial charge in [0.05, 0.1) is 5.75 Å². The Labute approximate surface area is 121 Å². The molecule has 0 aliphatic heterocycles. The smallest absolute Gasteiger partial charge is 0.313 e. The second kappa shape index (κ2) is 6.44. The molecule has 6 nitrogen and oxygen atoms in total. The minimum absolute atomic E-state index is 0.124. The molecule has 1 aromatic heterocycles. The van der Waals surface area contributed by atoms with Gasteiger partial charge in [0.1, 0.15) is 5.82 Å². The van der Waals surface area contributed by atoms with Gasteiger partial charge in [-0.15, -0.1) is 10.2 Å². The fraction of sp³-hybridized carbons (Fsp3) is 0.0909. The van der Waals surface area contributed by atoms with E-state index in [-0.39, 0.29) is 10.9 Å². The number of nitrogens with zero attached hydrogens (tertiary/aromatic N) is 2. The third-order valence-corrected chi connectivity index (χ3v) is 4.01. The van der Waals surface area contributed by atoms with Crippen LogP contribution in [0.5, 0.6) is 0 Å². The van der Waals surface area contributed by atoms with Crippen LogP contribution in [0.3, 0.4) is 0 Å². The second-order valence-corrected chi connectivity index (χ2v) is 5.72. The fourth-order valence-corrected chi connectivity index (χ4v) is 2.68. The number of hydrogen-bond acceptors (Lipinski definition) is 6. The van der Waals surface area contributed by atoms with Gasteiger partial charge in [0.25, 0.3) is 5.91 Å². The standard InChI is InChI=1S/C11H8FN3O3S2/c12-7-3-1-6(2-4-7)9(18)13-10-14-15-11(20-10)19-5-8(16)17/h1-4H,5H2,(H,16,17)(H,13,14,18). The van der Waals surface area contributed by atoms with Crippen LogP contribution in [0.1, 0.15) is 10.4 Å². The fourth-order valence-electron chi connectivity index (χ4n) is 1.21. The molecule has 0 radical (unpaired) electrons. The lowest BCUT2D eigenvalue weighted by atomic mass is 10.2. The van der Waals surface area contributed by atoms with Gasteiger partial charge in [-0.2, -0.15) is 0 Å². The van der Waals surface area contributed by atoms with Gasteiger partial charge in [-0.3, -0.25) is 14.9 Å². The summed E-state index contributed by atoms with van der Waals surface area (Å²) in [5.41, 5.74) is 0.293. The summed E-state index contributed by atoms with van der Waals surface area (Å²) in [4.78, 5) is 22.2. The van der Waals surface area contributed by atoms with Gasteiger partial charge < -0.3 is 5.11 Å². The van der Waals surface area contributed by atoms with Gasteiger partial charge in [0.2, 0.25) is 5.13 Å². The summed E-state index contributed by atoms with van der Waals surface area (Å²) in [6, 6.07) is 5.07. The molecule has 0 bridgehead atoms. The molecule has 20 heavy (non-hydrogen) atoms. The van der Waals surface area contributed by atoms with Crippen molar-refractivity contribution in [3.8, 4) is 0 Å². The number of carbonyl (C=O) groups is 2. The molecule has 0 atom stereocenters. The summed E-state index contributed by atoms with van der Waals surface area (Å²) in [7, 11) is 0. The van der Waals surface area contributed by atoms with Crippen LogP contribution in [0, 0.1) is 5.82 Å². The van der Waals surface area contributed by atoms with E-state index >= 15 is 0 Å². The molecular formula is C11H8FN3O3S2. The first-order valence-electron chi connectivity index (χ1n) is 5.29. The number of anilines is 1. The van der Waals surface area contributed by atoms with E-state index in [9.17, 15) is 14.0 Å². The number of carboxylic acids is 1. The number of benzene rings is 1. The first-order valence-corrected chi connectivity index (χ1v) is 7.10. The Hall–Kier alpha value is -2.00. The van der Waals surface area contributed by atoms with Crippen molar-refractivity contribution in [3.63, 3.8) is 0 Å². The zero-order chi connectivity index (χ0) is 14.5. The lowest BCUT2D eigenvalue weighted by Gasteiger charge is -2.00. The summed E-state index contributed by atoms with van der Waals surface area (Å²) in [5, 5.41) is 18.8. The molecule has 0 aliphatic rings. The highest BCUT2D eigenvalue weighted by Gasteiger charge is 2.11. The van der Waals surface area contributed by atoms with Crippen LogP contribution >= 0.6 is 23.1 Å². The van der Waals surface area contributed by atoms with E-state index in [1.54, 1.807) is 0 Å². The van der Waals surface area contributed by atoms with E-state index in [2.05, 4.69) is 15.5 Å². The minimum Gasteiger partial charge on any atom is -0.481 e. The van der Waals surface area contributed by atoms with Gasteiger partial charge in [-0.25, -0.2) is 4.39 Å². The molecule has 9 heteroatoms. The first kappa shape index (κ1) is 14.4. The highest BCUT2D eigenvalue weighted by atomic mass is 32.2. The van der Waals surface area contributed by atoms with Crippen molar-refractivity contribution in [1.82, 2.24) is 10.2 Å². The predicted molar refractivity (Wildman–Crippen MR) is 72.6 cm³/mol. The van der Waals surface area contributed by atoms with Crippen LogP contribution in [-0.2, 0) is 4.79 Å². The van der Waals surface area contributed by atoms with Crippen LogP contribution in [0.15, 0.2) is 28.6 Å². The van der Waals surface area contributed by atoms with Crippen molar-refractivity contribution in [2.45, 2.75) is 4.34 Å². The molecule has 0 aliphatic carbocycles. The highest BCUT2D eigenvalue weighted by Crippen LogP contribution is 2.25. The Morgan fingerprint density at radius 2 is 2.00 bits per heavy atom. The summed E-state index contributed by atoms with van der Waals surface area (Å²) < 4.78 is 13.2. The minimum atomic E-state index is -0.956. The van der Waals surface area contributed by atoms with Gasteiger partial charge in [-0.05, 0) is 24.3 Å². The molecule has 2 aromatic rings. The van der Waals surface area contributed by atoms with E-state index in [4.69, 9.17) is 5.11 Å². The molecule has 0 fully saturated rings. The van der Waals surface area contributed by atoms with Gasteiger partial charge >= 0.3 is 5.97 Å². The van der Waals surface area contributed by atoms with Crippen molar-refractivity contribution in [1.29, 1.82) is 0 Å². The van der Waals surface area contributed by atoms with Crippen LogP contribution in [0.25, 0.3) is 0 Å². The zero-order valence-corrected chi connectivity index (χ0v) is 11.5. The third-order valence-electron chi connectivity index (χ3n) is 2.05. The van der Waals surface area contributed by atoms with E-state index in [1.165, 1.54) is 24.3 Å². The Balaban J connectivity index is 1.97. The topological polar surface area (TPSA) is 92.2 Å². The molecular weight excluding hydrogens is 305 g/mol. The largest absolute Gasteiger partial charge is 0.481 e. The molecule has 2 rings (SSSR count). The van der Waals surface area contributed by atoms with Crippen LogP contribution in [-0.4, -0.2) is 32.9 Å². The third kappa shape index (κ3) is 4.00. The number of hydrogen-bond donors (Lipinski definition) is 2. The molecule has 0 saturated heterocycles. The molecule has 0 saturated carbocycles. The molecule has 0 spiro atoms. The van der Waals surface area contributed by atoms with E-state index in [1.807, 2.05) is 0 Å². The summed E-state index contributed by atoms with van der Waals surface area (Å²) in [5.74, 6) is -1.94. The lowest BCUT2D eigenvalue weighted by molar-refractivity contribution is -0.133. The van der Waals surface area contributed by atoms with E-state index < -0.39 is 17.7 Å². The number of thioether (sulfide) groups is 1. The number of carboxylic acid groups (broad SMARTS) is 1. The molecule has 1 heterocycles. The number of aliphatic carboxylic acids is 1. The molecule has 1 aromatic carbocycles. The Morgan fingerprint density at radius 1 is 1.30 bits per heavy atom. The van der Waals surface area contributed by atoms with Crippen LogP contribution < -0.4 is 5.32 Å². The number of carbonyl (C=O) groups excluding carboxylic acids is 1. The van der Waals surface area contributed by atoms with E-state index in [0.717, 1.165) is 23.1 Å². The molecule has 104 valence electrons. The SMILES string of the molecule is O=C(O)CSc1nnc(NC(=O)c2ccc(F)cc2)s1. The number of halogens is 1. The van der Waals surface area contributed by atoms with Crippen LogP contribution in [0.2, 0.25) is 0 Å². The van der Waals surface area contributed by atoms with Crippen molar-refractivity contribution in [3.05, 3.63) is 35.6 Å². The molecule has 1 amide bonds. The maximum Gasteiger partial charge on any atom is 0.313 e. The Morgan fingerprint density at radius 3 is 2.65 bits per heavy atom. The van der Waals surface area contributed by atoms with Gasteiger partial charge in [0.15, 0.2) is 4.34 Å². The second-order valence-electron chi connectivity index (χ2n) is 3.52. The number of nitrogens with one attached hydrogen (secondary N) is 1. The average Bonchev–Trinajstić information content (AvgIpc) is 2.84. The Kier molecular flexibility index (Phi) is 4.64. The number of amides is 1. The van der Waals surface area contributed by atoms with Crippen molar-refractivity contribution < 1.29 is 19.1 Å². The lowest BCUT2D eigenvalue weighted by Crippen LogP contribution is -2.11. The highest BCUT2D eigenvalue weighted by molar-refractivity contribution is 8.01. The normalized spacial score (nSPS) is 10.2. The average molecular weight is 313 g/mol. The van der Waals surface area contributed by atoms with Crippen molar-refractivity contribution >= 4 is 40.1 Å². The Bertz CT molecular complexity index is 630.